The second-order valence-electron chi connectivity index (χ2n) is 5.10. The number of anilines is 1. The number of benzene rings is 2. The van der Waals surface area contributed by atoms with E-state index >= 15 is 0 Å². The van der Waals surface area contributed by atoms with Crippen LogP contribution in [0.1, 0.15) is 0 Å². The van der Waals surface area contributed by atoms with E-state index in [4.69, 9.17) is 16.3 Å². The van der Waals surface area contributed by atoms with Gasteiger partial charge in [0.15, 0.2) is 6.54 Å². The summed E-state index contributed by atoms with van der Waals surface area (Å²) in [6, 6.07) is 16.8. The second-order valence-corrected chi connectivity index (χ2v) is 5.54. The van der Waals surface area contributed by atoms with Gasteiger partial charge >= 0.3 is 0 Å². The van der Waals surface area contributed by atoms with Gasteiger partial charge in [0.1, 0.15) is 18.9 Å². The third-order valence-electron chi connectivity index (χ3n) is 3.11. The largest absolute Gasteiger partial charge is 0.488 e. The molecule has 2 rings (SSSR count). The number of nitrogens with one attached hydrogen (secondary N) is 2. The van der Waals surface area contributed by atoms with Crippen LogP contribution in [0.3, 0.4) is 0 Å². The van der Waals surface area contributed by atoms with Gasteiger partial charge in [0, 0.05) is 10.7 Å². The normalized spacial score (nSPS) is 11.7. The second kappa shape index (κ2) is 8.41. The van der Waals surface area contributed by atoms with Gasteiger partial charge in [-0.2, -0.15) is 0 Å². The van der Waals surface area contributed by atoms with Crippen LogP contribution in [0, 0.1) is 0 Å². The number of likely N-dealkylation sites (N-methyl/N-ethyl adjacent to an activating group) is 1. The van der Waals surface area contributed by atoms with Crippen molar-refractivity contribution < 1.29 is 14.4 Å². The van der Waals surface area contributed by atoms with Crippen LogP contribution in [0.5, 0.6) is 5.75 Å². The highest BCUT2D eigenvalue weighted by molar-refractivity contribution is 6.30. The molecule has 0 aliphatic carbocycles. The third-order valence-corrected chi connectivity index (χ3v) is 3.35. The SMILES string of the molecule is C[NH+](CCOc1ccccc1)CC(=O)Nc1cccc(Cl)c1. The number of quaternary nitrogens is 1. The van der Waals surface area contributed by atoms with Crippen molar-refractivity contribution in [2.45, 2.75) is 0 Å². The fraction of sp³-hybridized carbons (Fsp3) is 0.235. The van der Waals surface area contributed by atoms with Gasteiger partial charge in [-0.1, -0.05) is 35.9 Å². The maximum Gasteiger partial charge on any atom is 0.279 e. The minimum atomic E-state index is -0.0422. The molecule has 0 bridgehead atoms. The molecule has 0 saturated heterocycles. The van der Waals surface area contributed by atoms with E-state index in [1.165, 1.54) is 0 Å². The molecular weight excluding hydrogens is 300 g/mol. The minimum Gasteiger partial charge on any atom is -0.488 e. The molecule has 0 spiro atoms. The van der Waals surface area contributed by atoms with Crippen LogP contribution in [0.2, 0.25) is 5.02 Å². The Hall–Kier alpha value is -2.04. The predicted octanol–water partition coefficient (Wildman–Crippen LogP) is 1.87. The van der Waals surface area contributed by atoms with Crippen LogP contribution >= 0.6 is 11.6 Å². The number of carbonyl (C=O) groups is 1. The fourth-order valence-corrected chi connectivity index (χ4v) is 2.18. The molecule has 0 saturated carbocycles. The molecule has 0 heterocycles. The Kier molecular flexibility index (Phi) is 6.25. The Morgan fingerprint density at radius 1 is 1.18 bits per heavy atom. The maximum atomic E-state index is 12.0. The van der Waals surface area contributed by atoms with Crippen LogP contribution < -0.4 is 15.0 Å². The number of carbonyl (C=O) groups excluding carboxylic acids is 1. The van der Waals surface area contributed by atoms with Crippen molar-refractivity contribution in [3.63, 3.8) is 0 Å². The Morgan fingerprint density at radius 2 is 1.95 bits per heavy atom. The molecule has 2 aromatic rings. The molecule has 5 heteroatoms. The van der Waals surface area contributed by atoms with E-state index in [9.17, 15) is 4.79 Å². The number of ether oxygens (including phenoxy) is 1. The van der Waals surface area contributed by atoms with Crippen molar-refractivity contribution in [3.05, 3.63) is 59.6 Å². The number of para-hydroxylation sites is 1. The number of amides is 1. The first-order chi connectivity index (χ1) is 10.6. The summed E-state index contributed by atoms with van der Waals surface area (Å²) in [6.45, 7) is 1.70. The smallest absolute Gasteiger partial charge is 0.279 e. The van der Waals surface area contributed by atoms with E-state index in [-0.39, 0.29) is 5.91 Å². The lowest BCUT2D eigenvalue weighted by molar-refractivity contribution is -0.871. The van der Waals surface area contributed by atoms with Crippen molar-refractivity contribution in [1.29, 1.82) is 0 Å². The topological polar surface area (TPSA) is 42.8 Å². The first-order valence-electron chi connectivity index (χ1n) is 7.18. The van der Waals surface area contributed by atoms with E-state index in [0.29, 0.717) is 23.9 Å². The lowest BCUT2D eigenvalue weighted by Gasteiger charge is -2.14. The Balaban J connectivity index is 1.70. The predicted molar refractivity (Wildman–Crippen MR) is 88.6 cm³/mol. The van der Waals surface area contributed by atoms with Crippen molar-refractivity contribution in [2.75, 3.05) is 32.1 Å². The van der Waals surface area contributed by atoms with Gasteiger partial charge in [-0.25, -0.2) is 0 Å². The third kappa shape index (κ3) is 5.76. The number of rotatable bonds is 7. The van der Waals surface area contributed by atoms with Gasteiger partial charge in [0.2, 0.25) is 0 Å². The summed E-state index contributed by atoms with van der Waals surface area (Å²) < 4.78 is 5.62. The molecule has 1 unspecified atom stereocenters. The molecule has 116 valence electrons. The van der Waals surface area contributed by atoms with E-state index in [1.54, 1.807) is 12.1 Å². The average molecular weight is 320 g/mol. The lowest BCUT2D eigenvalue weighted by Crippen LogP contribution is -3.10. The van der Waals surface area contributed by atoms with Gasteiger partial charge < -0.3 is 15.0 Å². The highest BCUT2D eigenvalue weighted by atomic mass is 35.5. The van der Waals surface area contributed by atoms with Crippen molar-refractivity contribution in [2.24, 2.45) is 0 Å². The first kappa shape index (κ1) is 16.3. The molecule has 4 nitrogen and oxygen atoms in total. The van der Waals surface area contributed by atoms with Crippen molar-refractivity contribution in [1.82, 2.24) is 0 Å². The molecule has 22 heavy (non-hydrogen) atoms. The Morgan fingerprint density at radius 3 is 2.68 bits per heavy atom. The zero-order valence-corrected chi connectivity index (χ0v) is 13.3. The van der Waals surface area contributed by atoms with Gasteiger partial charge in [-0.3, -0.25) is 4.79 Å². The summed E-state index contributed by atoms with van der Waals surface area (Å²) in [7, 11) is 1.96. The average Bonchev–Trinajstić information content (AvgIpc) is 2.48. The molecule has 0 aromatic heterocycles. The molecule has 2 N–H and O–H groups in total. The first-order valence-corrected chi connectivity index (χ1v) is 7.56. The standard InChI is InChI=1S/C17H19ClN2O2/c1-20(10-11-22-16-8-3-2-4-9-16)13-17(21)19-15-7-5-6-14(18)12-15/h2-9,12H,10-11,13H2,1H3,(H,19,21)/p+1. The number of hydrogen-bond acceptors (Lipinski definition) is 2. The molecule has 2 aromatic carbocycles. The van der Waals surface area contributed by atoms with Crippen molar-refractivity contribution in [3.8, 4) is 5.75 Å². The summed E-state index contributed by atoms with van der Waals surface area (Å²) in [6.07, 6.45) is 0. The van der Waals surface area contributed by atoms with E-state index in [1.807, 2.05) is 49.5 Å². The summed E-state index contributed by atoms with van der Waals surface area (Å²) in [4.78, 5) is 13.0. The van der Waals surface area contributed by atoms with Gasteiger partial charge in [0.25, 0.3) is 5.91 Å². The van der Waals surface area contributed by atoms with Crippen LogP contribution in [0.25, 0.3) is 0 Å². The molecule has 1 atom stereocenters. The van der Waals surface area contributed by atoms with Gasteiger partial charge in [-0.05, 0) is 30.3 Å². The zero-order chi connectivity index (χ0) is 15.8. The summed E-state index contributed by atoms with van der Waals surface area (Å²) in [5.41, 5.74) is 0.714. The van der Waals surface area contributed by atoms with Crippen LogP contribution in [0.15, 0.2) is 54.6 Å². The zero-order valence-electron chi connectivity index (χ0n) is 12.5. The molecule has 1 amide bonds. The van der Waals surface area contributed by atoms with E-state index < -0.39 is 0 Å². The maximum absolute atomic E-state index is 12.0. The van der Waals surface area contributed by atoms with Crippen LogP contribution in [-0.2, 0) is 4.79 Å². The highest BCUT2D eigenvalue weighted by Gasteiger charge is 2.10. The van der Waals surface area contributed by atoms with Crippen LogP contribution in [-0.4, -0.2) is 32.7 Å². The molecule has 0 fully saturated rings. The van der Waals surface area contributed by atoms with Gasteiger partial charge in [0.05, 0.1) is 7.05 Å². The lowest BCUT2D eigenvalue weighted by atomic mass is 10.3. The van der Waals surface area contributed by atoms with E-state index in [0.717, 1.165) is 17.2 Å². The quantitative estimate of drug-likeness (QED) is 0.818. The number of hydrogen-bond donors (Lipinski definition) is 2. The highest BCUT2D eigenvalue weighted by Crippen LogP contribution is 2.14. The van der Waals surface area contributed by atoms with Crippen LogP contribution in [0.4, 0.5) is 5.69 Å². The Labute approximate surface area is 135 Å². The number of halogens is 1. The molecular formula is C17H20ClN2O2+. The van der Waals surface area contributed by atoms with Crippen molar-refractivity contribution >= 4 is 23.2 Å². The summed E-state index contributed by atoms with van der Waals surface area (Å²) in [5, 5.41) is 3.44. The molecule has 0 radical (unpaired) electrons. The molecule has 0 aliphatic heterocycles. The summed E-state index contributed by atoms with van der Waals surface area (Å²) in [5.74, 6) is 0.804. The van der Waals surface area contributed by atoms with Gasteiger partial charge in [-0.15, -0.1) is 0 Å². The van der Waals surface area contributed by atoms with E-state index in [2.05, 4.69) is 5.32 Å². The Bertz CT molecular complexity index is 605. The summed E-state index contributed by atoms with van der Waals surface area (Å²) >= 11 is 5.89. The fourth-order valence-electron chi connectivity index (χ4n) is 1.99. The molecule has 0 aliphatic rings. The monoisotopic (exact) mass is 319 g/mol. The minimum absolute atomic E-state index is 0.0422.